The quantitative estimate of drug-likeness (QED) is 0.742. The van der Waals surface area contributed by atoms with E-state index in [1.807, 2.05) is 4.57 Å². The van der Waals surface area contributed by atoms with E-state index in [0.717, 1.165) is 12.4 Å². The van der Waals surface area contributed by atoms with Crippen molar-refractivity contribution in [1.82, 2.24) is 29.4 Å². The third-order valence-electron chi connectivity index (χ3n) is 2.95. The summed E-state index contributed by atoms with van der Waals surface area (Å²) in [6, 6.07) is 1.67. The summed E-state index contributed by atoms with van der Waals surface area (Å²) in [4.78, 5) is 13.8. The van der Waals surface area contributed by atoms with Gasteiger partial charge in [0.2, 0.25) is 5.91 Å². The number of amides is 1. The molecule has 8 nitrogen and oxygen atoms in total. The lowest BCUT2D eigenvalue weighted by Gasteiger charge is -2.26. The van der Waals surface area contributed by atoms with Crippen molar-refractivity contribution >= 4 is 11.7 Å². The van der Waals surface area contributed by atoms with Gasteiger partial charge in [-0.1, -0.05) is 0 Å². The zero-order chi connectivity index (χ0) is 12.5. The topological polar surface area (TPSA) is 94.9 Å². The molecule has 1 aliphatic heterocycles. The van der Waals surface area contributed by atoms with Gasteiger partial charge in [0.15, 0.2) is 5.82 Å². The van der Waals surface area contributed by atoms with E-state index in [4.69, 9.17) is 5.73 Å². The van der Waals surface area contributed by atoms with Crippen LogP contribution < -0.4 is 5.73 Å². The van der Waals surface area contributed by atoms with Crippen LogP contribution in [0.4, 0.5) is 5.82 Å². The molecule has 18 heavy (non-hydrogen) atoms. The molecule has 1 aliphatic rings. The van der Waals surface area contributed by atoms with Crippen LogP contribution >= 0.6 is 0 Å². The number of nitrogen functional groups attached to an aromatic ring is 1. The van der Waals surface area contributed by atoms with Crippen molar-refractivity contribution in [2.75, 3.05) is 12.3 Å². The summed E-state index contributed by atoms with van der Waals surface area (Å²) in [6.07, 6.45) is 3.38. The molecule has 2 aromatic rings. The fraction of sp³-hybridized carbons (Fsp3) is 0.400. The average Bonchev–Trinajstić information content (AvgIpc) is 2.96. The van der Waals surface area contributed by atoms with Crippen LogP contribution in [0.5, 0.6) is 0 Å². The van der Waals surface area contributed by atoms with Gasteiger partial charge in [0.1, 0.15) is 18.7 Å². The van der Waals surface area contributed by atoms with Gasteiger partial charge in [0, 0.05) is 19.3 Å². The minimum Gasteiger partial charge on any atom is -0.382 e. The molecule has 2 N–H and O–H groups in total. The summed E-state index contributed by atoms with van der Waals surface area (Å²) in [5, 5.41) is 11.8. The van der Waals surface area contributed by atoms with Gasteiger partial charge in [-0.25, -0.2) is 0 Å². The Balaban J connectivity index is 1.67. The number of hydrogen-bond acceptors (Lipinski definition) is 5. The molecule has 2 aromatic heterocycles. The second-order valence-corrected chi connectivity index (χ2v) is 4.19. The zero-order valence-corrected chi connectivity index (χ0v) is 9.73. The van der Waals surface area contributed by atoms with Crippen LogP contribution in [0.25, 0.3) is 0 Å². The maximum atomic E-state index is 12.1. The first-order chi connectivity index (χ1) is 8.72. The van der Waals surface area contributed by atoms with Crippen molar-refractivity contribution in [3.63, 3.8) is 0 Å². The van der Waals surface area contributed by atoms with Gasteiger partial charge in [-0.3, -0.25) is 9.48 Å². The van der Waals surface area contributed by atoms with Crippen LogP contribution in [0.1, 0.15) is 5.82 Å². The fourth-order valence-corrected chi connectivity index (χ4v) is 1.98. The Labute approximate surface area is 103 Å². The van der Waals surface area contributed by atoms with Gasteiger partial charge in [-0.15, -0.1) is 10.2 Å². The van der Waals surface area contributed by atoms with Gasteiger partial charge in [-0.05, 0) is 6.07 Å². The number of fused-ring (bicyclic) bond motifs is 1. The first-order valence-electron chi connectivity index (χ1n) is 5.66. The van der Waals surface area contributed by atoms with Crippen LogP contribution in [0, 0.1) is 0 Å². The molecule has 94 valence electrons. The van der Waals surface area contributed by atoms with E-state index in [2.05, 4.69) is 15.3 Å². The lowest BCUT2D eigenvalue weighted by Crippen LogP contribution is -2.40. The predicted octanol–water partition coefficient (Wildman–Crippen LogP) is -0.901. The minimum absolute atomic E-state index is 0.00681. The molecule has 0 saturated heterocycles. The number of nitrogens with zero attached hydrogens (tertiary/aromatic N) is 6. The summed E-state index contributed by atoms with van der Waals surface area (Å²) in [5.74, 6) is 1.24. The first-order valence-corrected chi connectivity index (χ1v) is 5.66. The normalized spacial score (nSPS) is 14.6. The number of anilines is 1. The summed E-state index contributed by atoms with van der Waals surface area (Å²) in [6.45, 7) is 2.09. The summed E-state index contributed by atoms with van der Waals surface area (Å²) < 4.78 is 3.49. The summed E-state index contributed by atoms with van der Waals surface area (Å²) in [7, 11) is 0. The molecular weight excluding hydrogens is 234 g/mol. The highest BCUT2D eigenvalue weighted by molar-refractivity contribution is 5.76. The molecule has 0 spiro atoms. The Kier molecular flexibility index (Phi) is 2.47. The van der Waals surface area contributed by atoms with Crippen LogP contribution in [0.15, 0.2) is 18.6 Å². The van der Waals surface area contributed by atoms with E-state index >= 15 is 0 Å². The standard InChI is InChI=1S/C10H13N7O/c11-8-1-2-17(14-8)6-10(18)15-3-4-16-7-12-13-9(16)5-15/h1-2,7H,3-6H2,(H2,11,14). The molecule has 0 radical (unpaired) electrons. The van der Waals surface area contributed by atoms with Gasteiger partial charge in [0.25, 0.3) is 0 Å². The Morgan fingerprint density at radius 2 is 2.33 bits per heavy atom. The fourth-order valence-electron chi connectivity index (χ4n) is 1.98. The molecule has 0 bridgehead atoms. The second kappa shape index (κ2) is 4.13. The molecule has 1 amide bonds. The number of rotatable bonds is 2. The summed E-state index contributed by atoms with van der Waals surface area (Å²) >= 11 is 0. The van der Waals surface area contributed by atoms with Crippen molar-refractivity contribution in [2.24, 2.45) is 0 Å². The largest absolute Gasteiger partial charge is 0.382 e. The third-order valence-corrected chi connectivity index (χ3v) is 2.95. The van der Waals surface area contributed by atoms with E-state index in [0.29, 0.717) is 18.9 Å². The Morgan fingerprint density at radius 1 is 1.44 bits per heavy atom. The highest BCUT2D eigenvalue weighted by atomic mass is 16.2. The van der Waals surface area contributed by atoms with Crippen molar-refractivity contribution in [3.05, 3.63) is 24.4 Å². The van der Waals surface area contributed by atoms with Gasteiger partial charge in [-0.2, -0.15) is 5.10 Å². The molecule has 3 heterocycles. The van der Waals surface area contributed by atoms with Crippen molar-refractivity contribution < 1.29 is 4.79 Å². The van der Waals surface area contributed by atoms with Crippen LogP contribution in [-0.4, -0.2) is 41.9 Å². The highest BCUT2D eigenvalue weighted by Crippen LogP contribution is 2.09. The number of carbonyl (C=O) groups excluding carboxylic acids is 1. The molecule has 0 atom stereocenters. The molecule has 0 aliphatic carbocycles. The van der Waals surface area contributed by atoms with Gasteiger partial charge < -0.3 is 15.2 Å². The van der Waals surface area contributed by atoms with E-state index < -0.39 is 0 Å². The maximum absolute atomic E-state index is 12.1. The lowest BCUT2D eigenvalue weighted by atomic mass is 10.3. The number of carbonyl (C=O) groups is 1. The lowest BCUT2D eigenvalue weighted by molar-refractivity contribution is -0.133. The van der Waals surface area contributed by atoms with E-state index in [1.54, 1.807) is 23.5 Å². The van der Waals surface area contributed by atoms with E-state index in [9.17, 15) is 4.79 Å². The molecule has 0 aromatic carbocycles. The molecular formula is C10H13N7O. The highest BCUT2D eigenvalue weighted by Gasteiger charge is 2.21. The third kappa shape index (κ3) is 1.92. The first kappa shape index (κ1) is 10.8. The Hall–Kier alpha value is -2.38. The van der Waals surface area contributed by atoms with E-state index in [-0.39, 0.29) is 12.5 Å². The monoisotopic (exact) mass is 247 g/mol. The van der Waals surface area contributed by atoms with Crippen LogP contribution in [0.3, 0.4) is 0 Å². The molecule has 0 saturated carbocycles. The minimum atomic E-state index is 0.00681. The zero-order valence-electron chi connectivity index (χ0n) is 9.73. The van der Waals surface area contributed by atoms with Crippen molar-refractivity contribution in [2.45, 2.75) is 19.6 Å². The van der Waals surface area contributed by atoms with Gasteiger partial charge >= 0.3 is 0 Å². The molecule has 0 fully saturated rings. The molecule has 0 unspecified atom stereocenters. The average molecular weight is 247 g/mol. The van der Waals surface area contributed by atoms with E-state index in [1.165, 1.54) is 4.68 Å². The second-order valence-electron chi connectivity index (χ2n) is 4.19. The molecule has 3 rings (SSSR count). The van der Waals surface area contributed by atoms with Crippen LogP contribution in [0.2, 0.25) is 0 Å². The maximum Gasteiger partial charge on any atom is 0.244 e. The van der Waals surface area contributed by atoms with Gasteiger partial charge in [0.05, 0.1) is 6.54 Å². The van der Waals surface area contributed by atoms with Crippen molar-refractivity contribution in [1.29, 1.82) is 0 Å². The Morgan fingerprint density at radius 3 is 3.11 bits per heavy atom. The number of aromatic nitrogens is 5. The van der Waals surface area contributed by atoms with Crippen LogP contribution in [-0.2, 0) is 24.4 Å². The number of hydrogen-bond donors (Lipinski definition) is 1. The summed E-state index contributed by atoms with van der Waals surface area (Å²) in [5.41, 5.74) is 5.50. The number of nitrogens with two attached hydrogens (primary N) is 1. The molecule has 8 heteroatoms. The van der Waals surface area contributed by atoms with Crippen molar-refractivity contribution in [3.8, 4) is 0 Å². The smallest absolute Gasteiger partial charge is 0.244 e. The Bertz CT molecular complexity index is 572. The SMILES string of the molecule is Nc1ccn(CC(=O)N2CCn3cnnc3C2)n1. The predicted molar refractivity (Wildman–Crippen MR) is 62.1 cm³/mol.